The summed E-state index contributed by atoms with van der Waals surface area (Å²) >= 11 is 0. The number of rotatable bonds is 7. The Hall–Kier alpha value is -2.73. The summed E-state index contributed by atoms with van der Waals surface area (Å²) in [5, 5.41) is 19.7. The number of hydrogen-bond donors (Lipinski definition) is 2. The van der Waals surface area contributed by atoms with Crippen molar-refractivity contribution in [2.75, 3.05) is 25.0 Å². The van der Waals surface area contributed by atoms with Gasteiger partial charge in [0.25, 0.3) is 5.69 Å². The summed E-state index contributed by atoms with van der Waals surface area (Å²) in [4.78, 5) is 15.7. The maximum Gasteiger partial charge on any atom is 0.280 e. The monoisotopic (exact) mass is 338 g/mol. The zero-order chi connectivity index (χ0) is 17.8. The van der Waals surface area contributed by atoms with Crippen molar-refractivity contribution in [3.05, 3.63) is 52.6 Å². The van der Waals surface area contributed by atoms with Gasteiger partial charge in [-0.05, 0) is 24.6 Å². The van der Waals surface area contributed by atoms with Crippen LogP contribution in [0, 0.1) is 16.0 Å². The molecule has 0 radical (unpaired) electrons. The van der Waals surface area contributed by atoms with Crippen molar-refractivity contribution >= 4 is 33.2 Å². The van der Waals surface area contributed by atoms with Gasteiger partial charge in [0.15, 0.2) is 0 Å². The molecule has 0 aliphatic carbocycles. The van der Waals surface area contributed by atoms with Gasteiger partial charge < -0.3 is 10.6 Å². The van der Waals surface area contributed by atoms with Crippen molar-refractivity contribution in [3.63, 3.8) is 0 Å². The molecule has 0 saturated carbocycles. The largest absolute Gasteiger partial charge is 0.382 e. The first-order valence-corrected chi connectivity index (χ1v) is 8.48. The number of nitro benzene ring substituents is 1. The maximum atomic E-state index is 11.5. The molecule has 0 spiro atoms. The average molecular weight is 338 g/mol. The molecule has 0 amide bonds. The molecule has 1 aromatic heterocycles. The van der Waals surface area contributed by atoms with Crippen molar-refractivity contribution in [2.24, 2.45) is 5.92 Å². The summed E-state index contributed by atoms with van der Waals surface area (Å²) < 4.78 is 0. The zero-order valence-electron chi connectivity index (χ0n) is 14.5. The lowest BCUT2D eigenvalue weighted by atomic mass is 10.1. The van der Waals surface area contributed by atoms with Crippen LogP contribution in [0.25, 0.3) is 21.8 Å². The fourth-order valence-corrected chi connectivity index (χ4v) is 2.93. The number of fused-ring (bicyclic) bond motifs is 2. The van der Waals surface area contributed by atoms with E-state index >= 15 is 0 Å². The molecular formula is C19H22N4O2. The Kier molecular flexibility index (Phi) is 5.09. The zero-order valence-corrected chi connectivity index (χ0v) is 14.5. The third kappa shape index (κ3) is 3.69. The highest BCUT2D eigenvalue weighted by atomic mass is 16.6. The van der Waals surface area contributed by atoms with Crippen molar-refractivity contribution in [1.29, 1.82) is 0 Å². The second-order valence-corrected chi connectivity index (χ2v) is 6.46. The number of hydrogen-bond acceptors (Lipinski definition) is 5. The minimum Gasteiger partial charge on any atom is -0.382 e. The minimum atomic E-state index is -0.346. The van der Waals surface area contributed by atoms with Crippen molar-refractivity contribution in [3.8, 4) is 0 Å². The van der Waals surface area contributed by atoms with Crippen LogP contribution in [0.4, 0.5) is 11.4 Å². The number of aromatic nitrogens is 1. The number of nitro groups is 1. The third-order valence-corrected chi connectivity index (χ3v) is 4.04. The molecule has 3 aromatic rings. The number of pyridine rings is 1. The van der Waals surface area contributed by atoms with Gasteiger partial charge in [-0.2, -0.15) is 0 Å². The van der Waals surface area contributed by atoms with E-state index in [0.717, 1.165) is 29.7 Å². The van der Waals surface area contributed by atoms with E-state index in [-0.39, 0.29) is 10.6 Å². The Morgan fingerprint density at radius 3 is 2.60 bits per heavy atom. The molecule has 6 heteroatoms. The topological polar surface area (TPSA) is 80.1 Å². The van der Waals surface area contributed by atoms with Crippen LogP contribution in [0.5, 0.6) is 0 Å². The number of anilines is 1. The fourth-order valence-electron chi connectivity index (χ4n) is 2.93. The molecule has 25 heavy (non-hydrogen) atoms. The average Bonchev–Trinajstić information content (AvgIpc) is 2.59. The van der Waals surface area contributed by atoms with E-state index in [1.807, 2.05) is 30.3 Å². The smallest absolute Gasteiger partial charge is 0.280 e. The van der Waals surface area contributed by atoms with E-state index in [2.05, 4.69) is 29.5 Å². The summed E-state index contributed by atoms with van der Waals surface area (Å²) in [6.07, 6.45) is 0. The van der Waals surface area contributed by atoms with Gasteiger partial charge in [-0.3, -0.25) is 10.1 Å². The van der Waals surface area contributed by atoms with Crippen LogP contribution in [0.2, 0.25) is 0 Å². The summed E-state index contributed by atoms with van der Waals surface area (Å²) in [6.45, 7) is 6.74. The first kappa shape index (κ1) is 17.1. The van der Waals surface area contributed by atoms with Crippen LogP contribution in [0.1, 0.15) is 13.8 Å². The van der Waals surface area contributed by atoms with E-state index in [0.29, 0.717) is 23.4 Å². The molecule has 6 nitrogen and oxygen atoms in total. The predicted molar refractivity (Wildman–Crippen MR) is 102 cm³/mol. The molecule has 1 heterocycles. The summed E-state index contributed by atoms with van der Waals surface area (Å²) in [7, 11) is 0. The highest BCUT2D eigenvalue weighted by Gasteiger charge is 2.18. The summed E-state index contributed by atoms with van der Waals surface area (Å²) in [5.74, 6) is 0.587. The summed E-state index contributed by atoms with van der Waals surface area (Å²) in [5.41, 5.74) is 2.31. The fraction of sp³-hybridized carbons (Fsp3) is 0.316. The molecule has 3 rings (SSSR count). The SMILES string of the molecule is CC(C)CNCCNc1c2ccccc2nc2cccc([N+](=O)[O-])c12. The van der Waals surface area contributed by atoms with E-state index in [1.165, 1.54) is 6.07 Å². The van der Waals surface area contributed by atoms with Crippen LogP contribution < -0.4 is 10.6 Å². The predicted octanol–water partition coefficient (Wildman–Crippen LogP) is 3.95. The molecule has 0 aliphatic heterocycles. The molecule has 0 saturated heterocycles. The Balaban J connectivity index is 2.03. The maximum absolute atomic E-state index is 11.5. The Bertz CT molecular complexity index is 908. The Labute approximate surface area is 146 Å². The molecular weight excluding hydrogens is 316 g/mol. The highest BCUT2D eigenvalue weighted by Crippen LogP contribution is 2.36. The van der Waals surface area contributed by atoms with Crippen LogP contribution in [-0.2, 0) is 0 Å². The lowest BCUT2D eigenvalue weighted by Gasteiger charge is -2.14. The normalized spacial score (nSPS) is 11.3. The van der Waals surface area contributed by atoms with E-state index in [1.54, 1.807) is 6.07 Å². The molecule has 2 aromatic carbocycles. The molecule has 0 unspecified atom stereocenters. The Morgan fingerprint density at radius 2 is 1.84 bits per heavy atom. The molecule has 130 valence electrons. The van der Waals surface area contributed by atoms with Gasteiger partial charge in [0.1, 0.15) is 5.39 Å². The van der Waals surface area contributed by atoms with Crippen LogP contribution >= 0.6 is 0 Å². The van der Waals surface area contributed by atoms with Crippen LogP contribution in [0.3, 0.4) is 0 Å². The number of nitrogens with zero attached hydrogens (tertiary/aromatic N) is 2. The van der Waals surface area contributed by atoms with Gasteiger partial charge in [0.2, 0.25) is 0 Å². The van der Waals surface area contributed by atoms with Crippen LogP contribution in [0.15, 0.2) is 42.5 Å². The lowest BCUT2D eigenvalue weighted by molar-refractivity contribution is -0.383. The minimum absolute atomic E-state index is 0.0772. The molecule has 2 N–H and O–H groups in total. The number of nitrogens with one attached hydrogen (secondary N) is 2. The summed E-state index contributed by atoms with van der Waals surface area (Å²) in [6, 6.07) is 12.7. The number of para-hydroxylation sites is 1. The molecule has 0 aliphatic rings. The van der Waals surface area contributed by atoms with Gasteiger partial charge >= 0.3 is 0 Å². The first-order valence-electron chi connectivity index (χ1n) is 8.48. The van der Waals surface area contributed by atoms with Gasteiger partial charge in [0.05, 0.1) is 21.6 Å². The van der Waals surface area contributed by atoms with Crippen LogP contribution in [-0.4, -0.2) is 29.5 Å². The molecule has 0 atom stereocenters. The second-order valence-electron chi connectivity index (χ2n) is 6.46. The van der Waals surface area contributed by atoms with Gasteiger partial charge in [-0.15, -0.1) is 0 Å². The first-order chi connectivity index (χ1) is 12.1. The highest BCUT2D eigenvalue weighted by molar-refractivity contribution is 6.11. The molecule has 0 fully saturated rings. The quantitative estimate of drug-likeness (QED) is 0.295. The van der Waals surface area contributed by atoms with Crippen molar-refractivity contribution in [2.45, 2.75) is 13.8 Å². The van der Waals surface area contributed by atoms with E-state index in [9.17, 15) is 10.1 Å². The second kappa shape index (κ2) is 7.44. The third-order valence-electron chi connectivity index (χ3n) is 4.04. The standard InChI is InChI=1S/C19H22N4O2/c1-13(2)12-20-10-11-21-19-14-6-3-4-7-15(14)22-16-8-5-9-17(18(16)19)23(24)25/h3-9,13,20H,10-12H2,1-2H3,(H,21,22). The molecule has 0 bridgehead atoms. The Morgan fingerprint density at radius 1 is 1.08 bits per heavy atom. The van der Waals surface area contributed by atoms with Gasteiger partial charge in [0, 0.05) is 24.5 Å². The van der Waals surface area contributed by atoms with Crippen molar-refractivity contribution in [1.82, 2.24) is 10.3 Å². The number of non-ortho nitro benzene ring substituents is 1. The van der Waals surface area contributed by atoms with E-state index < -0.39 is 0 Å². The van der Waals surface area contributed by atoms with E-state index in [4.69, 9.17) is 0 Å². The van der Waals surface area contributed by atoms with Gasteiger partial charge in [-0.1, -0.05) is 38.1 Å². The number of benzene rings is 2. The lowest BCUT2D eigenvalue weighted by Crippen LogP contribution is -2.25. The van der Waals surface area contributed by atoms with Gasteiger partial charge in [-0.25, -0.2) is 4.98 Å². The van der Waals surface area contributed by atoms with Crippen molar-refractivity contribution < 1.29 is 4.92 Å².